The van der Waals surface area contributed by atoms with Gasteiger partial charge in [0.1, 0.15) is 0 Å². The van der Waals surface area contributed by atoms with Gasteiger partial charge in [0.05, 0.1) is 30.7 Å². The number of nitrogens with one attached hydrogen (secondary N) is 2. The third kappa shape index (κ3) is 5.14. The second-order valence-electron chi connectivity index (χ2n) is 8.27. The summed E-state index contributed by atoms with van der Waals surface area (Å²) >= 11 is 0. The van der Waals surface area contributed by atoms with Crippen molar-refractivity contribution in [2.45, 2.75) is 25.7 Å². The maximum atomic E-state index is 12.9. The Hall–Kier alpha value is -2.71. The van der Waals surface area contributed by atoms with E-state index in [1.807, 2.05) is 12.2 Å². The summed E-state index contributed by atoms with van der Waals surface area (Å²) in [5, 5.41) is 4.24. The average Bonchev–Trinajstić information content (AvgIpc) is 2.82. The molecule has 2 unspecified atom stereocenters. The summed E-state index contributed by atoms with van der Waals surface area (Å²) in [7, 11) is 0. The van der Waals surface area contributed by atoms with Crippen molar-refractivity contribution in [3.63, 3.8) is 0 Å². The minimum Gasteiger partial charge on any atom is -0.379 e. The Balaban J connectivity index is 1.30. The highest BCUT2D eigenvalue weighted by Gasteiger charge is 2.42. The van der Waals surface area contributed by atoms with E-state index >= 15 is 0 Å². The fourth-order valence-corrected chi connectivity index (χ4v) is 4.36. The number of allylic oxidation sites excluding steroid dienone is 2. The molecule has 2 atom stereocenters. The van der Waals surface area contributed by atoms with E-state index in [-0.39, 0.29) is 29.6 Å². The van der Waals surface area contributed by atoms with Crippen LogP contribution in [0.15, 0.2) is 36.4 Å². The van der Waals surface area contributed by atoms with Crippen LogP contribution in [-0.4, -0.2) is 62.0 Å². The molecule has 0 spiro atoms. The van der Waals surface area contributed by atoms with E-state index < -0.39 is 0 Å². The zero-order chi connectivity index (χ0) is 21.6. The van der Waals surface area contributed by atoms with Gasteiger partial charge in [-0.3, -0.25) is 24.7 Å². The molecule has 2 saturated heterocycles. The molecule has 0 saturated carbocycles. The number of fused-ring (bicyclic) bond motifs is 1. The van der Waals surface area contributed by atoms with Gasteiger partial charge in [-0.25, -0.2) is 5.01 Å². The molecule has 0 radical (unpaired) electrons. The van der Waals surface area contributed by atoms with E-state index in [0.717, 1.165) is 45.7 Å². The Morgan fingerprint density at radius 1 is 1.10 bits per heavy atom. The van der Waals surface area contributed by atoms with Gasteiger partial charge in [0, 0.05) is 25.2 Å². The van der Waals surface area contributed by atoms with Crippen LogP contribution in [0.3, 0.4) is 0 Å². The Labute approximate surface area is 182 Å². The van der Waals surface area contributed by atoms with Gasteiger partial charge in [-0.2, -0.15) is 0 Å². The molecular formula is C23H30N4O4. The van der Waals surface area contributed by atoms with Crippen LogP contribution in [0.1, 0.15) is 36.0 Å². The van der Waals surface area contributed by atoms with Gasteiger partial charge in [0.15, 0.2) is 0 Å². The van der Waals surface area contributed by atoms with Crippen LogP contribution in [0.5, 0.6) is 0 Å². The lowest BCUT2D eigenvalue weighted by molar-refractivity contribution is -0.139. The number of morpholine rings is 1. The molecule has 1 aromatic rings. The Morgan fingerprint density at radius 2 is 1.87 bits per heavy atom. The third-order valence-corrected chi connectivity index (χ3v) is 6.19. The van der Waals surface area contributed by atoms with Crippen LogP contribution in [-0.2, 0) is 14.3 Å². The van der Waals surface area contributed by atoms with Crippen molar-refractivity contribution in [1.29, 1.82) is 0 Å². The van der Waals surface area contributed by atoms with E-state index in [4.69, 9.17) is 4.74 Å². The van der Waals surface area contributed by atoms with Crippen LogP contribution < -0.4 is 15.8 Å². The van der Waals surface area contributed by atoms with Gasteiger partial charge in [-0.15, -0.1) is 0 Å². The van der Waals surface area contributed by atoms with E-state index in [2.05, 4.69) is 15.6 Å². The highest BCUT2D eigenvalue weighted by Crippen LogP contribution is 2.32. The predicted molar refractivity (Wildman–Crippen MR) is 116 cm³/mol. The quantitative estimate of drug-likeness (QED) is 0.509. The number of carbonyl (C=O) groups is 3. The second kappa shape index (κ2) is 10.1. The monoisotopic (exact) mass is 426 g/mol. The molecule has 1 aromatic carbocycles. The number of hydrazine groups is 1. The van der Waals surface area contributed by atoms with Gasteiger partial charge in [-0.05, 0) is 50.4 Å². The van der Waals surface area contributed by atoms with Crippen LogP contribution in [0, 0.1) is 11.8 Å². The summed E-state index contributed by atoms with van der Waals surface area (Å²) in [5.41, 5.74) is 3.68. The highest BCUT2D eigenvalue weighted by molar-refractivity contribution is 6.05. The van der Waals surface area contributed by atoms with Crippen molar-refractivity contribution in [1.82, 2.24) is 15.6 Å². The number of hydrogen-bond donors (Lipinski definition) is 2. The molecule has 166 valence electrons. The minimum atomic E-state index is -0.345. The van der Waals surface area contributed by atoms with Crippen LogP contribution in [0.4, 0.5) is 5.69 Å². The first-order chi connectivity index (χ1) is 15.1. The first kappa shape index (κ1) is 21.5. The first-order valence-electron chi connectivity index (χ1n) is 11.1. The van der Waals surface area contributed by atoms with E-state index in [0.29, 0.717) is 30.6 Å². The molecule has 0 bridgehead atoms. The fourth-order valence-electron chi connectivity index (χ4n) is 4.36. The van der Waals surface area contributed by atoms with Gasteiger partial charge in [-0.1, -0.05) is 18.2 Å². The third-order valence-electron chi connectivity index (χ3n) is 6.19. The number of amides is 3. The Kier molecular flexibility index (Phi) is 6.99. The van der Waals surface area contributed by atoms with Crippen molar-refractivity contribution in [2.24, 2.45) is 11.8 Å². The fraction of sp³-hybridized carbons (Fsp3) is 0.522. The lowest BCUT2D eigenvalue weighted by Gasteiger charge is -2.38. The Bertz CT molecular complexity index is 850. The van der Waals surface area contributed by atoms with Crippen molar-refractivity contribution >= 4 is 23.4 Å². The molecule has 2 aliphatic heterocycles. The molecule has 8 nitrogen and oxygen atoms in total. The molecule has 2 N–H and O–H groups in total. The molecule has 8 heteroatoms. The molecule has 31 heavy (non-hydrogen) atoms. The van der Waals surface area contributed by atoms with Crippen molar-refractivity contribution in [3.8, 4) is 0 Å². The lowest BCUT2D eigenvalue weighted by Crippen LogP contribution is -2.59. The van der Waals surface area contributed by atoms with E-state index in [9.17, 15) is 14.4 Å². The van der Waals surface area contributed by atoms with Crippen LogP contribution >= 0.6 is 0 Å². The summed E-state index contributed by atoms with van der Waals surface area (Å²) in [6.45, 7) is 5.16. The highest BCUT2D eigenvalue weighted by atomic mass is 16.5. The molecule has 0 aromatic heterocycles. The smallest absolute Gasteiger partial charge is 0.251 e. The standard InChI is InChI=1S/C23H30N4O4/c28-21(24-10-3-4-11-26-12-14-31-15-13-26)17-6-5-7-18(16-17)27-23(30)20-9-2-1-8-19(20)22(29)25-27/h1-2,5-7,16,19-20H,3-4,8-15H2,(H,24,28)(H,25,29). The maximum absolute atomic E-state index is 12.9. The number of carbonyl (C=O) groups excluding carboxylic acids is 3. The summed E-state index contributed by atoms with van der Waals surface area (Å²) in [5.74, 6) is -1.11. The van der Waals surface area contributed by atoms with Crippen molar-refractivity contribution in [3.05, 3.63) is 42.0 Å². The largest absolute Gasteiger partial charge is 0.379 e. The molecule has 3 aliphatic rings. The number of ether oxygens (including phenoxy) is 1. The molecule has 2 fully saturated rings. The lowest BCUT2D eigenvalue weighted by atomic mass is 9.80. The Morgan fingerprint density at radius 3 is 2.68 bits per heavy atom. The minimum absolute atomic E-state index is 0.130. The van der Waals surface area contributed by atoms with Gasteiger partial charge >= 0.3 is 0 Å². The van der Waals surface area contributed by atoms with Crippen molar-refractivity contribution < 1.29 is 19.1 Å². The SMILES string of the molecule is O=C(NCCCCN1CCOCC1)c1cccc(N2NC(=O)C3CC=CCC3C2=O)c1. The summed E-state index contributed by atoms with van der Waals surface area (Å²) in [6.07, 6.45) is 6.99. The number of benzene rings is 1. The number of anilines is 1. The second-order valence-corrected chi connectivity index (χ2v) is 8.27. The van der Waals surface area contributed by atoms with Crippen LogP contribution in [0.25, 0.3) is 0 Å². The molecular weight excluding hydrogens is 396 g/mol. The number of rotatable bonds is 7. The topological polar surface area (TPSA) is 91.0 Å². The average molecular weight is 427 g/mol. The normalized spacial score (nSPS) is 23.9. The number of nitrogens with zero attached hydrogens (tertiary/aromatic N) is 2. The summed E-state index contributed by atoms with van der Waals surface area (Å²) < 4.78 is 5.35. The first-order valence-corrected chi connectivity index (χ1v) is 11.1. The zero-order valence-corrected chi connectivity index (χ0v) is 17.7. The molecule has 4 rings (SSSR count). The predicted octanol–water partition coefficient (Wildman–Crippen LogP) is 1.49. The number of hydrogen-bond acceptors (Lipinski definition) is 5. The number of unbranched alkanes of at least 4 members (excludes halogenated alkanes) is 1. The molecule has 1 aliphatic carbocycles. The van der Waals surface area contributed by atoms with E-state index in [1.165, 1.54) is 5.01 Å². The summed E-state index contributed by atoms with van der Waals surface area (Å²) in [4.78, 5) is 40.4. The van der Waals surface area contributed by atoms with Crippen molar-refractivity contribution in [2.75, 3.05) is 44.4 Å². The van der Waals surface area contributed by atoms with Gasteiger partial charge in [0.2, 0.25) is 11.8 Å². The summed E-state index contributed by atoms with van der Waals surface area (Å²) in [6, 6.07) is 6.83. The van der Waals surface area contributed by atoms with Crippen LogP contribution in [0.2, 0.25) is 0 Å². The van der Waals surface area contributed by atoms with Gasteiger partial charge < -0.3 is 10.1 Å². The zero-order valence-electron chi connectivity index (χ0n) is 17.7. The van der Waals surface area contributed by atoms with E-state index in [1.54, 1.807) is 24.3 Å². The molecule has 2 heterocycles. The van der Waals surface area contributed by atoms with Gasteiger partial charge in [0.25, 0.3) is 5.91 Å². The maximum Gasteiger partial charge on any atom is 0.251 e. The molecule has 3 amide bonds.